The number of piperazine rings is 1. The minimum atomic E-state index is -2.82. The molecule has 9 N–H and O–H groups in total. The Morgan fingerprint density at radius 2 is 0.824 bits per heavy atom. The van der Waals surface area contributed by atoms with E-state index in [1.54, 1.807) is 9.80 Å². The third-order valence-corrected chi connectivity index (χ3v) is 26.0. The first-order chi connectivity index (χ1) is 58.4. The highest BCUT2D eigenvalue weighted by atomic mass is 19.3. The maximum Gasteiger partial charge on any atom is 0.325 e. The molecule has 0 radical (unpaired) electrons. The Hall–Kier alpha value is -6.14. The molecule has 11 rings (SSSR count). The average molecular weight is 1790 g/mol. The van der Waals surface area contributed by atoms with E-state index in [0.29, 0.717) is 113 Å². The molecule has 10 atom stereocenters. The molecule has 2 unspecified atom stereocenters. The summed E-state index contributed by atoms with van der Waals surface area (Å²) in [5.74, 6) is -8.06. The second kappa shape index (κ2) is 54.5. The number of hydrogen-bond acceptors (Lipinski definition) is 22. The van der Waals surface area contributed by atoms with Crippen molar-refractivity contribution in [1.29, 1.82) is 0 Å². The maximum atomic E-state index is 13.0. The van der Waals surface area contributed by atoms with Crippen molar-refractivity contribution in [3.8, 4) is 0 Å². The zero-order chi connectivity index (χ0) is 94.8. The number of aliphatic carboxylic acids is 8. The van der Waals surface area contributed by atoms with Crippen LogP contribution in [0, 0.1) is 11.8 Å². The first-order valence-electron chi connectivity index (χ1n) is 46.6. The van der Waals surface area contributed by atoms with Crippen LogP contribution in [-0.2, 0) is 62.2 Å². The summed E-state index contributed by atoms with van der Waals surface area (Å²) < 4.78 is 41.1. The van der Waals surface area contributed by atoms with Crippen molar-refractivity contribution < 1.29 is 112 Å². The van der Waals surface area contributed by atoms with Gasteiger partial charge in [0.25, 0.3) is 5.92 Å². The number of methoxy groups -OCH3 is 1. The monoisotopic (exact) mass is 1790 g/mol. The van der Waals surface area contributed by atoms with E-state index in [9.17, 15) is 72.0 Å². The largest absolute Gasteiger partial charge is 0.481 e. The van der Waals surface area contributed by atoms with E-state index in [-0.39, 0.29) is 73.6 Å². The quantitative estimate of drug-likeness (QED) is 0.0191. The Kier molecular flexibility index (Phi) is 49.3. The molecule has 3 aliphatic carbocycles. The molecule has 1 amide bonds. The normalized spacial score (nSPS) is 26.8. The minimum absolute atomic E-state index is 0.00722. The number of fused-ring (bicyclic) bond motifs is 2. The Labute approximate surface area is 745 Å². The van der Waals surface area contributed by atoms with E-state index >= 15 is 0 Å². The number of hydrogen-bond donors (Lipinski definition) is 9. The van der Waals surface area contributed by atoms with Crippen LogP contribution in [0.15, 0.2) is 12.2 Å². The van der Waals surface area contributed by atoms with Crippen molar-refractivity contribution in [2.75, 3.05) is 99.0 Å². The summed E-state index contributed by atoms with van der Waals surface area (Å²) in [4.78, 5) is 129. The van der Waals surface area contributed by atoms with Gasteiger partial charge in [0, 0.05) is 131 Å². The van der Waals surface area contributed by atoms with Crippen molar-refractivity contribution in [1.82, 2.24) is 49.4 Å². The molecule has 11 aliphatic rings. The Bertz CT molecular complexity index is 3180. The van der Waals surface area contributed by atoms with Crippen LogP contribution in [-0.4, -0.2) is 357 Å². The van der Waals surface area contributed by atoms with Gasteiger partial charge in [-0.15, -0.1) is 6.58 Å². The summed E-state index contributed by atoms with van der Waals surface area (Å²) in [6.45, 7) is 52.5. The molecule has 31 nitrogen and oxygen atoms in total. The minimum Gasteiger partial charge on any atom is -0.481 e. The van der Waals surface area contributed by atoms with Crippen molar-refractivity contribution in [2.45, 2.75) is 405 Å². The molecule has 0 bridgehead atoms. The summed E-state index contributed by atoms with van der Waals surface area (Å²) in [5, 5.41) is 74.5. The molecule has 125 heavy (non-hydrogen) atoms. The number of piperidine rings is 5. The van der Waals surface area contributed by atoms with E-state index < -0.39 is 88.8 Å². The predicted octanol–water partition coefficient (Wildman–Crippen LogP) is 12.0. The fourth-order valence-electron chi connectivity index (χ4n) is 19.2. The second-order valence-corrected chi connectivity index (χ2v) is 38.5. The lowest BCUT2D eigenvalue weighted by Crippen LogP contribution is -2.59. The number of carbonyl (C=O) groups excluding carboxylic acids is 2. The average Bonchev–Trinajstić information content (AvgIpc) is 1.56. The van der Waals surface area contributed by atoms with Gasteiger partial charge in [0.2, 0.25) is 5.91 Å². The van der Waals surface area contributed by atoms with E-state index in [0.717, 1.165) is 136 Å². The SMILES string of the molecule is C=C(C)CCCCCCC(=O)N1CCN(C(C)C)[C@H](C(=O)O)C1.CC(C)N1CCC(F)(F)C[C@H]1C(=O)O.CC(C)N1CCCC[C@@H]1CC(=O)O.CC(C)N1CCCC[C@H]1CC(=O)O.CC(C)N1CCC[C@@H]2C[C@@]21C(=O)O.CC(C)N1CCC[C@H]2C[C@]21C(=O)O.CC(C)N1CCOCC1CC(=O)O.CC(C)NC1(C(=O)O)CC1.COC(=O)C1COCCN1C(C)C. The molecular formula is C92H166F2N10O21. The highest BCUT2D eigenvalue weighted by molar-refractivity contribution is 5.85. The lowest BCUT2D eigenvalue weighted by molar-refractivity contribution is -0.155. The van der Waals surface area contributed by atoms with E-state index in [2.05, 4.69) is 124 Å². The molecular weight excluding hydrogens is 1620 g/mol. The van der Waals surface area contributed by atoms with Gasteiger partial charge < -0.3 is 60.0 Å². The summed E-state index contributed by atoms with van der Waals surface area (Å²) >= 11 is 0. The predicted molar refractivity (Wildman–Crippen MR) is 477 cm³/mol. The van der Waals surface area contributed by atoms with E-state index in [4.69, 9.17) is 39.7 Å². The first-order valence-corrected chi connectivity index (χ1v) is 46.6. The van der Waals surface area contributed by atoms with Crippen LogP contribution < -0.4 is 5.32 Å². The number of morpholine rings is 2. The van der Waals surface area contributed by atoms with Crippen molar-refractivity contribution in [3.63, 3.8) is 0 Å². The van der Waals surface area contributed by atoms with Gasteiger partial charge in [-0.2, -0.15) is 0 Å². The number of rotatable bonds is 29. The molecule has 8 saturated heterocycles. The van der Waals surface area contributed by atoms with Crippen LogP contribution >= 0.6 is 0 Å². The number of esters is 1. The fourth-order valence-corrected chi connectivity index (χ4v) is 19.2. The number of carbonyl (C=O) groups is 10. The van der Waals surface area contributed by atoms with Crippen LogP contribution in [0.25, 0.3) is 0 Å². The van der Waals surface area contributed by atoms with Crippen LogP contribution in [0.3, 0.4) is 0 Å². The van der Waals surface area contributed by atoms with Gasteiger partial charge in [0.1, 0.15) is 34.7 Å². The lowest BCUT2D eigenvalue weighted by Gasteiger charge is -2.41. The number of nitrogens with one attached hydrogen (secondary N) is 1. The number of unbranched alkanes of at least 4 members (excludes halogenated alkanes) is 3. The van der Waals surface area contributed by atoms with Crippen LogP contribution in [0.1, 0.15) is 292 Å². The fraction of sp³-hybridized carbons (Fsp3) is 0.870. The molecule has 8 aliphatic heterocycles. The van der Waals surface area contributed by atoms with Crippen LogP contribution in [0.2, 0.25) is 0 Å². The van der Waals surface area contributed by atoms with Crippen molar-refractivity contribution in [3.05, 3.63) is 12.2 Å². The molecule has 8 heterocycles. The van der Waals surface area contributed by atoms with Gasteiger partial charge >= 0.3 is 53.7 Å². The second-order valence-electron chi connectivity index (χ2n) is 38.5. The van der Waals surface area contributed by atoms with Crippen molar-refractivity contribution in [2.24, 2.45) is 11.8 Å². The van der Waals surface area contributed by atoms with Gasteiger partial charge in [0.05, 0.1) is 52.8 Å². The third kappa shape index (κ3) is 37.0. The number of carboxylic acids is 8. The molecule has 11 fully saturated rings. The molecule has 3 saturated carbocycles. The molecule has 0 spiro atoms. The third-order valence-electron chi connectivity index (χ3n) is 26.0. The van der Waals surface area contributed by atoms with E-state index in [1.807, 2.05) is 53.4 Å². The summed E-state index contributed by atoms with van der Waals surface area (Å²) in [5.41, 5.74) is -0.281. The summed E-state index contributed by atoms with van der Waals surface area (Å²) in [6, 6.07) is 1.61. The number of halogens is 2. The molecule has 0 aromatic heterocycles. The van der Waals surface area contributed by atoms with Gasteiger partial charge in [-0.1, -0.05) is 31.3 Å². The number of ether oxygens (including phenoxy) is 3. The molecule has 33 heteroatoms. The topological polar surface area (TPSA) is 401 Å². The summed E-state index contributed by atoms with van der Waals surface area (Å²) in [7, 11) is 1.41. The number of allylic oxidation sites excluding steroid dienone is 1. The van der Waals surface area contributed by atoms with Crippen LogP contribution in [0.4, 0.5) is 8.78 Å². The zero-order valence-electron chi connectivity index (χ0n) is 79.8. The highest BCUT2D eigenvalue weighted by Gasteiger charge is 2.67. The van der Waals surface area contributed by atoms with Gasteiger partial charge in [0.15, 0.2) is 0 Å². The number of likely N-dealkylation sites (tertiary alicyclic amines) is 5. The number of amides is 1. The molecule has 0 aromatic rings. The van der Waals surface area contributed by atoms with Gasteiger partial charge in [-0.25, -0.2) is 8.78 Å². The van der Waals surface area contributed by atoms with Gasteiger partial charge in [-0.3, -0.25) is 92.5 Å². The standard InChI is InChI=1S/C18H32N2O3.2C10H17NO2.2C10H19NO2.C9H15F2NO2.2C9H17NO3.C7H13NO2/c1-14(2)9-7-5-6-8-10-17(21)19-11-12-20(15(3)4)16(13-19)18(22)23;2*1-7(2)11-5-3-4-8-6-10(8,11)9(12)13;2*1-8(2)11-6-4-3-5-9(11)7-10(12)13;1-6(2)12-4-3-9(10,11)5-7(12)8(13)14;1-7(2)10-4-5-13-6-8(10)9(11)12-3;1-7(2)10-3-4-13-6-8(10)5-9(11)12;1-5(2)8-7(3-4-7)6(9)10/h15-16H,1,5-13H2,2-4H3,(H,22,23);2*7-8H,3-6H2,1-2H3,(H,12,13);2*8-9H,3-7H2,1-2H3,(H,12,13);6-7H,3-5H2,1-2H3,(H,13,14);7-8H,4-6H2,1-3H3;7-8H,3-6H2,1-2H3,(H,11,12);5,8H,3-4H2,1-2H3,(H,9,10)/t16-;2*8-,10+;2*9-;7-;;;/m010100.../s1. The Morgan fingerprint density at radius 1 is 0.424 bits per heavy atom. The number of nitrogens with zero attached hydrogens (tertiary/aromatic N) is 9. The molecule has 724 valence electrons. The maximum absolute atomic E-state index is 13.0. The first kappa shape index (κ1) is 113. The smallest absolute Gasteiger partial charge is 0.325 e. The summed E-state index contributed by atoms with van der Waals surface area (Å²) in [6.07, 6.45) is 20.5. The van der Waals surface area contributed by atoms with Crippen molar-refractivity contribution >= 4 is 59.6 Å². The number of alkyl halides is 2. The van der Waals surface area contributed by atoms with Crippen LogP contribution in [0.5, 0.6) is 0 Å². The Morgan fingerprint density at radius 3 is 1.18 bits per heavy atom. The van der Waals surface area contributed by atoms with Gasteiger partial charge in [-0.05, 0) is 266 Å². The lowest BCUT2D eigenvalue weighted by atomic mass is 9.97. The number of carboxylic acid groups (broad SMARTS) is 8. The highest BCUT2D eigenvalue weighted by Crippen LogP contribution is 2.56. The molecule has 0 aromatic carbocycles. The Balaban J connectivity index is 0.000000366. The van der Waals surface area contributed by atoms with E-state index in [1.165, 1.54) is 38.4 Å². The zero-order valence-corrected chi connectivity index (χ0v) is 79.8.